The Kier molecular flexibility index (Phi) is 9.82. The fourth-order valence-corrected chi connectivity index (χ4v) is 4.62. The summed E-state index contributed by atoms with van der Waals surface area (Å²) < 4.78 is 5.14. The highest BCUT2D eigenvalue weighted by atomic mass is 16.5. The molecule has 2 aliphatic rings. The van der Waals surface area contributed by atoms with Crippen LogP contribution >= 0.6 is 0 Å². The first-order chi connectivity index (χ1) is 12.6. The lowest BCUT2D eigenvalue weighted by atomic mass is 9.69. The molecule has 0 aromatic carbocycles. The van der Waals surface area contributed by atoms with Gasteiger partial charge in [-0.05, 0) is 94.3 Å². The Morgan fingerprint density at radius 2 is 1.33 bits per heavy atom. The van der Waals surface area contributed by atoms with Crippen LogP contribution in [0.3, 0.4) is 0 Å². The van der Waals surface area contributed by atoms with Gasteiger partial charge in [0.05, 0.1) is 12.0 Å². The van der Waals surface area contributed by atoms with E-state index in [0.717, 1.165) is 36.5 Å². The summed E-state index contributed by atoms with van der Waals surface area (Å²) in [4.78, 5) is 11.8. The molecular weight excluding hydrogens is 336 g/mol. The van der Waals surface area contributed by atoms with Crippen molar-refractivity contribution in [3.63, 3.8) is 0 Å². The quantitative estimate of drug-likeness (QED) is 0.573. The van der Waals surface area contributed by atoms with Crippen LogP contribution in [-0.4, -0.2) is 24.3 Å². The van der Waals surface area contributed by atoms with Crippen molar-refractivity contribution in [2.45, 2.75) is 99.8 Å². The molecule has 3 nitrogen and oxygen atoms in total. The second kappa shape index (κ2) is 10.8. The highest BCUT2D eigenvalue weighted by molar-refractivity contribution is 5.76. The van der Waals surface area contributed by atoms with E-state index < -0.39 is 0 Å². The number of aliphatic hydroxyl groups is 1. The molecule has 160 valence electrons. The zero-order valence-corrected chi connectivity index (χ0v) is 19.1. The molecule has 2 fully saturated rings. The summed E-state index contributed by atoms with van der Waals surface area (Å²) in [6.07, 6.45) is 9.39. The van der Waals surface area contributed by atoms with Crippen LogP contribution in [0, 0.1) is 34.5 Å². The van der Waals surface area contributed by atoms with Gasteiger partial charge >= 0.3 is 5.97 Å². The maximum Gasteiger partial charge on any atom is 0.311 e. The van der Waals surface area contributed by atoms with Crippen LogP contribution < -0.4 is 0 Å². The van der Waals surface area contributed by atoms with Crippen molar-refractivity contribution in [1.82, 2.24) is 0 Å². The molecule has 1 N–H and O–H groups in total. The molecule has 2 rings (SSSR count). The van der Waals surface area contributed by atoms with Crippen LogP contribution in [-0.2, 0) is 9.53 Å². The van der Waals surface area contributed by atoms with E-state index in [2.05, 4.69) is 41.5 Å². The third-order valence-electron chi connectivity index (χ3n) is 7.41. The Morgan fingerprint density at radius 1 is 0.926 bits per heavy atom. The summed E-state index contributed by atoms with van der Waals surface area (Å²) in [5, 5.41) is 9.18. The number of esters is 1. The monoisotopic (exact) mass is 382 g/mol. The first kappa shape index (κ1) is 24.5. The van der Waals surface area contributed by atoms with Crippen molar-refractivity contribution in [3.05, 3.63) is 0 Å². The summed E-state index contributed by atoms with van der Waals surface area (Å²) in [5.41, 5.74) is 0.0345. The Hall–Kier alpha value is -0.570. The predicted molar refractivity (Wildman–Crippen MR) is 114 cm³/mol. The molecule has 0 radical (unpaired) electrons. The molecule has 3 heteroatoms. The van der Waals surface area contributed by atoms with Gasteiger partial charge in [0.25, 0.3) is 0 Å². The van der Waals surface area contributed by atoms with E-state index in [9.17, 15) is 9.90 Å². The number of carbonyl (C=O) groups excluding carboxylic acids is 1. The summed E-state index contributed by atoms with van der Waals surface area (Å²) in [7, 11) is 0. The molecule has 2 aliphatic carbocycles. The summed E-state index contributed by atoms with van der Waals surface area (Å²) in [6, 6.07) is 0. The average Bonchev–Trinajstić information content (AvgIpc) is 2.63. The van der Waals surface area contributed by atoms with Gasteiger partial charge in [-0.25, -0.2) is 0 Å². The van der Waals surface area contributed by atoms with Gasteiger partial charge in [-0.15, -0.1) is 0 Å². The summed E-state index contributed by atoms with van der Waals surface area (Å²) >= 11 is 0. The van der Waals surface area contributed by atoms with Crippen molar-refractivity contribution in [2.24, 2.45) is 34.5 Å². The number of hydrogen-bond acceptors (Lipinski definition) is 3. The smallest absolute Gasteiger partial charge is 0.311 e. The minimum absolute atomic E-state index is 0.00667. The van der Waals surface area contributed by atoms with Gasteiger partial charge in [-0.2, -0.15) is 0 Å². The van der Waals surface area contributed by atoms with Crippen LogP contribution in [0.2, 0.25) is 0 Å². The van der Waals surface area contributed by atoms with E-state index in [-0.39, 0.29) is 16.8 Å². The van der Waals surface area contributed by atoms with Gasteiger partial charge in [-0.1, -0.05) is 34.6 Å². The van der Waals surface area contributed by atoms with E-state index in [1.165, 1.54) is 38.5 Å². The lowest BCUT2D eigenvalue weighted by Crippen LogP contribution is -2.35. The second-order valence-electron chi connectivity index (χ2n) is 10.4. The highest BCUT2D eigenvalue weighted by Crippen LogP contribution is 2.42. The average molecular weight is 383 g/mol. The minimum Gasteiger partial charge on any atom is -0.466 e. The lowest BCUT2D eigenvalue weighted by molar-refractivity contribution is -0.157. The lowest BCUT2D eigenvalue weighted by Gasteiger charge is -2.37. The minimum atomic E-state index is -0.207. The Labute approximate surface area is 168 Å². The van der Waals surface area contributed by atoms with E-state index in [4.69, 9.17) is 4.74 Å². The van der Waals surface area contributed by atoms with Crippen molar-refractivity contribution < 1.29 is 14.6 Å². The number of carbonyl (C=O) groups is 1. The van der Waals surface area contributed by atoms with Gasteiger partial charge in [0.1, 0.15) is 0 Å². The molecule has 2 saturated carbocycles. The van der Waals surface area contributed by atoms with Gasteiger partial charge in [-0.3, -0.25) is 4.79 Å². The molecule has 0 unspecified atom stereocenters. The molecule has 0 bridgehead atoms. The van der Waals surface area contributed by atoms with Crippen molar-refractivity contribution >= 4 is 5.97 Å². The van der Waals surface area contributed by atoms with Crippen LogP contribution in [0.1, 0.15) is 99.8 Å². The Morgan fingerprint density at radius 3 is 1.67 bits per heavy atom. The van der Waals surface area contributed by atoms with Crippen LogP contribution in [0.5, 0.6) is 0 Å². The SMILES string of the molecule is CC(C)C1CCC(C)(CO)CC1.CCOC(=O)C1(C)CCC(C(C)C)CC1. The van der Waals surface area contributed by atoms with Gasteiger partial charge in [0.2, 0.25) is 0 Å². The molecular formula is C24H46O3. The van der Waals surface area contributed by atoms with Crippen LogP contribution in [0.4, 0.5) is 0 Å². The van der Waals surface area contributed by atoms with E-state index in [0.29, 0.717) is 13.2 Å². The van der Waals surface area contributed by atoms with Gasteiger partial charge in [0, 0.05) is 6.61 Å². The summed E-state index contributed by atoms with van der Waals surface area (Å²) in [5.74, 6) is 3.29. The largest absolute Gasteiger partial charge is 0.466 e. The molecule has 0 aliphatic heterocycles. The number of ether oxygens (including phenoxy) is 1. The van der Waals surface area contributed by atoms with Crippen LogP contribution in [0.25, 0.3) is 0 Å². The maximum atomic E-state index is 11.8. The van der Waals surface area contributed by atoms with Crippen LogP contribution in [0.15, 0.2) is 0 Å². The van der Waals surface area contributed by atoms with Gasteiger partial charge < -0.3 is 9.84 Å². The van der Waals surface area contributed by atoms with Gasteiger partial charge in [0.15, 0.2) is 0 Å². The first-order valence-electron chi connectivity index (χ1n) is 11.3. The van der Waals surface area contributed by atoms with E-state index >= 15 is 0 Å². The fourth-order valence-electron chi connectivity index (χ4n) is 4.62. The molecule has 27 heavy (non-hydrogen) atoms. The van der Waals surface area contributed by atoms with Crippen molar-refractivity contribution in [1.29, 1.82) is 0 Å². The maximum absolute atomic E-state index is 11.8. The highest BCUT2D eigenvalue weighted by Gasteiger charge is 2.39. The van der Waals surface area contributed by atoms with Crippen molar-refractivity contribution in [3.8, 4) is 0 Å². The molecule has 0 spiro atoms. The molecule has 0 aromatic rings. The first-order valence-corrected chi connectivity index (χ1v) is 11.3. The topological polar surface area (TPSA) is 46.5 Å². The standard InChI is InChI=1S/C13H24O2.C11H22O/c1-5-15-12(14)13(4)8-6-11(7-9-13)10(2)3;1-9(2)10-4-6-11(3,8-12)7-5-10/h10-11H,5-9H2,1-4H3;9-10,12H,4-8H2,1-3H3. The third-order valence-corrected chi connectivity index (χ3v) is 7.41. The summed E-state index contributed by atoms with van der Waals surface area (Å²) in [6.45, 7) is 16.2. The molecule has 0 aromatic heterocycles. The normalized spacial score (nSPS) is 34.1. The molecule has 0 heterocycles. The fraction of sp³-hybridized carbons (Fsp3) is 0.958. The number of aliphatic hydroxyl groups excluding tert-OH is 1. The molecule has 0 amide bonds. The second-order valence-corrected chi connectivity index (χ2v) is 10.4. The van der Waals surface area contributed by atoms with E-state index in [1.807, 2.05) is 6.92 Å². The Bertz CT molecular complexity index is 425. The predicted octanol–water partition coefficient (Wildman–Crippen LogP) is 6.23. The zero-order chi connectivity index (χ0) is 20.7. The van der Waals surface area contributed by atoms with Crippen molar-refractivity contribution in [2.75, 3.05) is 13.2 Å². The third kappa shape index (κ3) is 7.40. The van der Waals surface area contributed by atoms with E-state index in [1.54, 1.807) is 0 Å². The number of hydrogen-bond donors (Lipinski definition) is 1. The molecule has 0 atom stereocenters. The zero-order valence-electron chi connectivity index (χ0n) is 19.1. The molecule has 0 saturated heterocycles. The Balaban J connectivity index is 0.000000277. The number of rotatable bonds is 5.